The fourth-order valence-electron chi connectivity index (χ4n) is 5.18. The predicted molar refractivity (Wildman–Crippen MR) is 105 cm³/mol. The number of likely N-dealkylation sites (tertiary alicyclic amines) is 2. The van der Waals surface area contributed by atoms with Crippen molar-refractivity contribution in [3.63, 3.8) is 0 Å². The van der Waals surface area contributed by atoms with Crippen molar-refractivity contribution >= 4 is 5.91 Å². The summed E-state index contributed by atoms with van der Waals surface area (Å²) in [4.78, 5) is 17.0. The Morgan fingerprint density at radius 3 is 2.73 bits per heavy atom. The summed E-state index contributed by atoms with van der Waals surface area (Å²) in [5.74, 6) is 1.92. The van der Waals surface area contributed by atoms with E-state index in [4.69, 9.17) is 0 Å². The van der Waals surface area contributed by atoms with Gasteiger partial charge in [0.15, 0.2) is 0 Å². The van der Waals surface area contributed by atoms with Crippen molar-refractivity contribution in [3.05, 3.63) is 35.9 Å². The van der Waals surface area contributed by atoms with E-state index in [9.17, 15) is 4.79 Å². The lowest BCUT2D eigenvalue weighted by molar-refractivity contribution is -0.130. The minimum atomic E-state index is 0.380. The number of nitrogens with zero attached hydrogens (tertiary/aromatic N) is 2. The van der Waals surface area contributed by atoms with Crippen molar-refractivity contribution in [2.24, 2.45) is 11.8 Å². The second-order valence-corrected chi connectivity index (χ2v) is 8.54. The number of carbonyl (C=O) groups is 1. The second-order valence-electron chi connectivity index (χ2n) is 8.54. The molecule has 1 N–H and O–H groups in total. The van der Waals surface area contributed by atoms with E-state index in [1.54, 1.807) is 0 Å². The molecule has 3 heterocycles. The topological polar surface area (TPSA) is 35.6 Å². The summed E-state index contributed by atoms with van der Waals surface area (Å²) in [7, 11) is 0. The normalized spacial score (nSPS) is 29.1. The zero-order valence-corrected chi connectivity index (χ0v) is 15.9. The van der Waals surface area contributed by atoms with Crippen LogP contribution in [0.4, 0.5) is 0 Å². The Bertz CT molecular complexity index is 584. The predicted octanol–water partition coefficient (Wildman–Crippen LogP) is 2.89. The molecule has 3 atom stereocenters. The Kier molecular flexibility index (Phi) is 5.91. The number of hydrogen-bond donors (Lipinski definition) is 1. The molecule has 0 aliphatic carbocycles. The quantitative estimate of drug-likeness (QED) is 0.852. The molecule has 3 aliphatic rings. The Balaban J connectivity index is 1.25. The molecule has 0 radical (unpaired) electrons. The van der Waals surface area contributed by atoms with Crippen LogP contribution >= 0.6 is 0 Å². The molecule has 3 fully saturated rings. The van der Waals surface area contributed by atoms with Gasteiger partial charge in [-0.25, -0.2) is 0 Å². The molecule has 2 bridgehead atoms. The van der Waals surface area contributed by atoms with Gasteiger partial charge >= 0.3 is 0 Å². The van der Waals surface area contributed by atoms with Crippen molar-refractivity contribution < 1.29 is 4.79 Å². The van der Waals surface area contributed by atoms with Gasteiger partial charge in [-0.05, 0) is 56.0 Å². The van der Waals surface area contributed by atoms with Crippen molar-refractivity contribution in [1.29, 1.82) is 0 Å². The highest BCUT2D eigenvalue weighted by molar-refractivity contribution is 5.76. The highest BCUT2D eigenvalue weighted by atomic mass is 16.2. The smallest absolute Gasteiger partial charge is 0.222 e. The highest BCUT2D eigenvalue weighted by Crippen LogP contribution is 2.31. The number of fused-ring (bicyclic) bond motifs is 2. The van der Waals surface area contributed by atoms with Crippen LogP contribution in [0.2, 0.25) is 0 Å². The number of piperidine rings is 2. The number of carbonyl (C=O) groups excluding carboxylic acids is 1. The van der Waals surface area contributed by atoms with E-state index < -0.39 is 0 Å². The largest absolute Gasteiger partial charge is 0.343 e. The first-order valence-electron chi connectivity index (χ1n) is 10.6. The molecule has 1 aromatic rings. The maximum Gasteiger partial charge on any atom is 0.222 e. The molecule has 4 heteroatoms. The summed E-state index contributed by atoms with van der Waals surface area (Å²) >= 11 is 0. The Labute approximate surface area is 157 Å². The monoisotopic (exact) mass is 355 g/mol. The van der Waals surface area contributed by atoms with E-state index in [-0.39, 0.29) is 0 Å². The fraction of sp³-hybridized carbons (Fsp3) is 0.682. The summed E-state index contributed by atoms with van der Waals surface area (Å²) in [6.07, 6.45) is 6.67. The summed E-state index contributed by atoms with van der Waals surface area (Å²) in [5.41, 5.74) is 1.42. The summed E-state index contributed by atoms with van der Waals surface area (Å²) in [5, 5.41) is 3.80. The molecule has 1 amide bonds. The summed E-state index contributed by atoms with van der Waals surface area (Å²) in [6.45, 7) is 6.61. The van der Waals surface area contributed by atoms with Gasteiger partial charge in [0.05, 0.1) is 0 Å². The van der Waals surface area contributed by atoms with Gasteiger partial charge in [0.25, 0.3) is 0 Å². The van der Waals surface area contributed by atoms with E-state index in [1.807, 2.05) is 0 Å². The van der Waals surface area contributed by atoms with Crippen LogP contribution in [0.25, 0.3) is 0 Å². The molecule has 3 saturated heterocycles. The standard InChI is InChI=1S/C22H33N3O/c26-22(25-11-4-5-12-25)10-6-9-21-20-13-19(14-23-21)16-24(17-20)15-18-7-2-1-3-8-18/h1-3,7-8,19-21,23H,4-6,9-17H2/t19-,20-,21+/m0/s1. The van der Waals surface area contributed by atoms with E-state index in [2.05, 4.69) is 45.4 Å². The zero-order valence-electron chi connectivity index (χ0n) is 15.9. The molecular weight excluding hydrogens is 322 g/mol. The van der Waals surface area contributed by atoms with Gasteiger partial charge in [-0.15, -0.1) is 0 Å². The van der Waals surface area contributed by atoms with Gasteiger partial charge in [-0.3, -0.25) is 9.69 Å². The van der Waals surface area contributed by atoms with Crippen LogP contribution in [-0.2, 0) is 11.3 Å². The third kappa shape index (κ3) is 4.47. The number of benzene rings is 1. The number of hydrogen-bond acceptors (Lipinski definition) is 3. The number of rotatable bonds is 6. The minimum absolute atomic E-state index is 0.380. The lowest BCUT2D eigenvalue weighted by Gasteiger charge is -2.46. The van der Waals surface area contributed by atoms with Crippen molar-refractivity contribution in [2.75, 3.05) is 32.7 Å². The molecule has 1 aromatic carbocycles. The number of nitrogens with one attached hydrogen (secondary N) is 1. The first-order chi connectivity index (χ1) is 12.8. The first-order valence-corrected chi connectivity index (χ1v) is 10.6. The Morgan fingerprint density at radius 2 is 1.92 bits per heavy atom. The van der Waals surface area contributed by atoms with E-state index in [1.165, 1.54) is 37.9 Å². The molecular formula is C22H33N3O. The summed E-state index contributed by atoms with van der Waals surface area (Å²) < 4.78 is 0. The Morgan fingerprint density at radius 1 is 1.12 bits per heavy atom. The molecule has 26 heavy (non-hydrogen) atoms. The van der Waals surface area contributed by atoms with Gasteiger partial charge in [0.1, 0.15) is 0 Å². The first kappa shape index (κ1) is 18.0. The van der Waals surface area contributed by atoms with Crippen LogP contribution in [0.3, 0.4) is 0 Å². The Hall–Kier alpha value is -1.39. The van der Waals surface area contributed by atoms with Gasteiger partial charge in [0.2, 0.25) is 5.91 Å². The van der Waals surface area contributed by atoms with Crippen LogP contribution in [-0.4, -0.2) is 54.5 Å². The molecule has 0 unspecified atom stereocenters. The molecule has 4 nitrogen and oxygen atoms in total. The lowest BCUT2D eigenvalue weighted by atomic mass is 9.79. The van der Waals surface area contributed by atoms with Crippen LogP contribution < -0.4 is 5.32 Å². The van der Waals surface area contributed by atoms with Crippen LogP contribution in [0, 0.1) is 11.8 Å². The van der Waals surface area contributed by atoms with E-state index in [0.717, 1.165) is 57.3 Å². The maximum atomic E-state index is 12.3. The molecule has 4 rings (SSSR count). The zero-order chi connectivity index (χ0) is 17.8. The minimum Gasteiger partial charge on any atom is -0.343 e. The van der Waals surface area contributed by atoms with Crippen molar-refractivity contribution in [1.82, 2.24) is 15.1 Å². The van der Waals surface area contributed by atoms with E-state index >= 15 is 0 Å². The summed E-state index contributed by atoms with van der Waals surface area (Å²) in [6, 6.07) is 11.5. The van der Waals surface area contributed by atoms with Crippen LogP contribution in [0.1, 0.15) is 44.1 Å². The fourth-order valence-corrected chi connectivity index (χ4v) is 5.18. The van der Waals surface area contributed by atoms with Crippen molar-refractivity contribution in [3.8, 4) is 0 Å². The highest BCUT2D eigenvalue weighted by Gasteiger charge is 2.36. The second kappa shape index (κ2) is 8.53. The van der Waals surface area contributed by atoms with Gasteiger partial charge in [0, 0.05) is 45.2 Å². The van der Waals surface area contributed by atoms with Gasteiger partial charge in [-0.2, -0.15) is 0 Å². The molecule has 142 valence electrons. The third-order valence-corrected chi connectivity index (χ3v) is 6.50. The van der Waals surface area contributed by atoms with Crippen molar-refractivity contribution in [2.45, 2.75) is 51.1 Å². The molecule has 0 saturated carbocycles. The SMILES string of the molecule is O=C(CCC[C@H]1NC[C@@H]2C[C@H]1CN(Cc1ccccc1)C2)N1CCCC1. The van der Waals surface area contributed by atoms with Crippen LogP contribution in [0.15, 0.2) is 30.3 Å². The molecule has 3 aliphatic heterocycles. The van der Waals surface area contributed by atoms with E-state index in [0.29, 0.717) is 11.9 Å². The van der Waals surface area contributed by atoms with Crippen LogP contribution in [0.5, 0.6) is 0 Å². The van der Waals surface area contributed by atoms with Gasteiger partial charge in [-0.1, -0.05) is 30.3 Å². The van der Waals surface area contributed by atoms with Gasteiger partial charge < -0.3 is 10.2 Å². The third-order valence-electron chi connectivity index (χ3n) is 6.50. The lowest BCUT2D eigenvalue weighted by Crippen LogP contribution is -2.55. The molecule has 0 aromatic heterocycles. The molecule has 0 spiro atoms. The average Bonchev–Trinajstić information content (AvgIpc) is 3.19. The maximum absolute atomic E-state index is 12.3. The average molecular weight is 356 g/mol. The number of amides is 1.